The molecule has 0 aliphatic rings. The zero-order valence-corrected chi connectivity index (χ0v) is 18.4. The third kappa shape index (κ3) is 7.47. The summed E-state index contributed by atoms with van der Waals surface area (Å²) in [5.41, 5.74) is 0.0540. The van der Waals surface area contributed by atoms with Gasteiger partial charge < -0.3 is 20.3 Å². The number of nitrogens with two attached hydrogens (primary N) is 2. The summed E-state index contributed by atoms with van der Waals surface area (Å²) in [6.45, 7) is 0. The molecule has 2 aromatic carbocycles. The van der Waals surface area contributed by atoms with Crippen LogP contribution in [0.3, 0.4) is 0 Å². The van der Waals surface area contributed by atoms with Gasteiger partial charge in [-0.25, -0.2) is 36.7 Å². The van der Waals surface area contributed by atoms with Crippen molar-refractivity contribution in [1.82, 2.24) is 0 Å². The van der Waals surface area contributed by atoms with Gasteiger partial charge in [0.05, 0.1) is 12.1 Å². The van der Waals surface area contributed by atoms with Crippen LogP contribution in [0.15, 0.2) is 46.2 Å². The van der Waals surface area contributed by atoms with Crippen molar-refractivity contribution < 1.29 is 46.2 Å². The van der Waals surface area contributed by atoms with Gasteiger partial charge in [-0.1, -0.05) is 11.6 Å². The molecule has 0 aromatic heterocycles. The van der Waals surface area contributed by atoms with Crippen molar-refractivity contribution in [3.63, 3.8) is 0 Å². The number of amides is 1. The molecule has 0 spiro atoms. The number of methoxy groups -OCH3 is 1. The molecule has 0 radical (unpaired) electrons. The Balaban J connectivity index is 0.000000751. The van der Waals surface area contributed by atoms with Crippen LogP contribution < -0.4 is 20.3 Å². The van der Waals surface area contributed by atoms with Crippen LogP contribution in [0.25, 0.3) is 0 Å². The molecule has 7 N–H and O–H groups in total. The smallest absolute Gasteiger partial charge is 0.414 e. The maximum Gasteiger partial charge on any atom is 0.414 e. The number of benzene rings is 2. The number of primary sulfonamides is 2. The molecule has 0 fully saturated rings. The molecule has 0 atom stereocenters. The lowest BCUT2D eigenvalue weighted by Crippen LogP contribution is -2.17. The molecular formula is C16H16ClN3O10S2. The topological polar surface area (TPSA) is 233 Å². The minimum absolute atomic E-state index is 0.00787. The van der Waals surface area contributed by atoms with Crippen LogP contribution >= 0.6 is 11.6 Å². The first-order chi connectivity index (χ1) is 14.6. The largest absolute Gasteiger partial charge is 0.495 e. The SMILES string of the molecule is COc1ccc(NC(=O)c2ccc(Cl)c(S(N)(=O)=O)c2)cc1S(N)(=O)=O.O=C(O)C(=O)O. The number of carboxylic acids is 2. The highest BCUT2D eigenvalue weighted by Crippen LogP contribution is 2.27. The van der Waals surface area contributed by atoms with Crippen LogP contribution in [0.1, 0.15) is 10.4 Å². The fourth-order valence-corrected chi connectivity index (χ4v) is 3.84. The number of carboxylic acid groups (broad SMARTS) is 2. The Bertz CT molecular complexity index is 1260. The first-order valence-electron chi connectivity index (χ1n) is 7.88. The average molecular weight is 510 g/mol. The van der Waals surface area contributed by atoms with Crippen LogP contribution in [-0.4, -0.2) is 52.0 Å². The Morgan fingerprint density at radius 2 is 1.44 bits per heavy atom. The minimum Gasteiger partial charge on any atom is -0.495 e. The molecule has 2 rings (SSSR count). The van der Waals surface area contributed by atoms with E-state index in [4.69, 9.17) is 46.4 Å². The van der Waals surface area contributed by atoms with E-state index in [1.807, 2.05) is 0 Å². The summed E-state index contributed by atoms with van der Waals surface area (Å²) < 4.78 is 51.1. The van der Waals surface area contributed by atoms with Crippen molar-refractivity contribution in [2.75, 3.05) is 12.4 Å². The van der Waals surface area contributed by atoms with Gasteiger partial charge in [0.1, 0.15) is 15.5 Å². The lowest BCUT2D eigenvalue weighted by atomic mass is 10.2. The number of halogens is 1. The molecule has 0 bridgehead atoms. The zero-order valence-electron chi connectivity index (χ0n) is 16.0. The van der Waals surface area contributed by atoms with Gasteiger partial charge in [-0.3, -0.25) is 4.79 Å². The Labute approximate surface area is 186 Å². The van der Waals surface area contributed by atoms with Crippen LogP contribution in [-0.2, 0) is 29.6 Å². The number of nitrogens with one attached hydrogen (secondary N) is 1. The van der Waals surface area contributed by atoms with E-state index in [0.29, 0.717) is 0 Å². The van der Waals surface area contributed by atoms with Gasteiger partial charge in [-0.2, -0.15) is 0 Å². The Kier molecular flexibility index (Phi) is 8.69. The zero-order chi connectivity index (χ0) is 24.9. The molecule has 0 unspecified atom stereocenters. The third-order valence-corrected chi connectivity index (χ3v) is 5.74. The first kappa shape index (κ1) is 26.8. The number of aliphatic carboxylic acids is 2. The molecule has 16 heteroatoms. The molecule has 2 aromatic rings. The maximum absolute atomic E-state index is 12.3. The van der Waals surface area contributed by atoms with E-state index in [1.54, 1.807) is 0 Å². The monoisotopic (exact) mass is 509 g/mol. The Morgan fingerprint density at radius 3 is 1.88 bits per heavy atom. The van der Waals surface area contributed by atoms with Gasteiger partial charge in [-0.15, -0.1) is 0 Å². The second-order valence-electron chi connectivity index (χ2n) is 5.67. The highest BCUT2D eigenvalue weighted by molar-refractivity contribution is 7.89. The summed E-state index contributed by atoms with van der Waals surface area (Å²) in [7, 11) is -6.94. The fraction of sp³-hybridized carbons (Fsp3) is 0.0625. The van der Waals surface area contributed by atoms with Crippen LogP contribution in [0.2, 0.25) is 5.02 Å². The van der Waals surface area contributed by atoms with Crippen molar-refractivity contribution >= 4 is 55.2 Å². The summed E-state index contributed by atoms with van der Waals surface area (Å²) in [6, 6.07) is 7.32. The predicted octanol–water partition coefficient (Wildman–Crippen LogP) is 0.0513. The number of rotatable bonds is 5. The van der Waals surface area contributed by atoms with E-state index >= 15 is 0 Å². The molecule has 0 aliphatic carbocycles. The Hall–Kier alpha value is -3.24. The summed E-state index contributed by atoms with van der Waals surface area (Å²) in [5, 5.41) is 27.2. The van der Waals surface area contributed by atoms with Gasteiger partial charge in [0.25, 0.3) is 5.91 Å². The van der Waals surface area contributed by atoms with Crippen molar-refractivity contribution in [2.24, 2.45) is 10.3 Å². The summed E-state index contributed by atoms with van der Waals surface area (Å²) in [6.07, 6.45) is 0. The number of hydrogen-bond donors (Lipinski definition) is 5. The fourth-order valence-electron chi connectivity index (χ4n) is 2.04. The molecule has 32 heavy (non-hydrogen) atoms. The van der Waals surface area contributed by atoms with Gasteiger partial charge in [0.2, 0.25) is 20.0 Å². The Morgan fingerprint density at radius 1 is 0.906 bits per heavy atom. The van der Waals surface area contributed by atoms with E-state index < -0.39 is 42.8 Å². The number of ether oxygens (including phenoxy) is 1. The summed E-state index contributed by atoms with van der Waals surface area (Å²) in [5.74, 6) is -4.35. The number of carbonyl (C=O) groups is 3. The maximum atomic E-state index is 12.3. The van der Waals surface area contributed by atoms with Gasteiger partial charge in [-0.05, 0) is 36.4 Å². The van der Waals surface area contributed by atoms with Crippen molar-refractivity contribution in [3.8, 4) is 5.75 Å². The van der Waals surface area contributed by atoms with Crippen LogP contribution in [0.4, 0.5) is 5.69 Å². The number of sulfonamides is 2. The minimum atomic E-state index is -4.12. The number of carbonyl (C=O) groups excluding carboxylic acids is 1. The van der Waals surface area contributed by atoms with E-state index in [0.717, 1.165) is 12.1 Å². The normalized spacial score (nSPS) is 11.0. The average Bonchev–Trinajstić information content (AvgIpc) is 2.67. The number of hydrogen-bond acceptors (Lipinski definition) is 8. The van der Waals surface area contributed by atoms with Crippen LogP contribution in [0.5, 0.6) is 5.75 Å². The highest BCUT2D eigenvalue weighted by Gasteiger charge is 2.19. The van der Waals surface area contributed by atoms with Crippen LogP contribution in [0, 0.1) is 0 Å². The molecule has 1 amide bonds. The molecular weight excluding hydrogens is 494 g/mol. The lowest BCUT2D eigenvalue weighted by Gasteiger charge is -2.11. The molecule has 174 valence electrons. The molecule has 0 saturated heterocycles. The van der Waals surface area contributed by atoms with Gasteiger partial charge in [0.15, 0.2) is 0 Å². The lowest BCUT2D eigenvalue weighted by molar-refractivity contribution is -0.159. The van der Waals surface area contributed by atoms with E-state index in [2.05, 4.69) is 5.32 Å². The molecule has 0 heterocycles. The highest BCUT2D eigenvalue weighted by atomic mass is 35.5. The van der Waals surface area contributed by atoms with Crippen molar-refractivity contribution in [1.29, 1.82) is 0 Å². The van der Waals surface area contributed by atoms with E-state index in [9.17, 15) is 21.6 Å². The van der Waals surface area contributed by atoms with Gasteiger partial charge >= 0.3 is 11.9 Å². The molecule has 0 saturated carbocycles. The quantitative estimate of drug-likeness (QED) is 0.339. The van der Waals surface area contributed by atoms with Crippen molar-refractivity contribution in [3.05, 3.63) is 47.0 Å². The molecule has 13 nitrogen and oxygen atoms in total. The first-order valence-corrected chi connectivity index (χ1v) is 11.4. The molecule has 0 aliphatic heterocycles. The third-order valence-electron chi connectivity index (χ3n) is 3.41. The van der Waals surface area contributed by atoms with E-state index in [-0.39, 0.29) is 26.9 Å². The summed E-state index contributed by atoms with van der Waals surface area (Å²) >= 11 is 5.76. The number of anilines is 1. The predicted molar refractivity (Wildman–Crippen MR) is 110 cm³/mol. The second kappa shape index (κ2) is 10.4. The standard InChI is InChI=1S/C14H14ClN3O6S2.C2H2O4/c1-24-11-5-3-9(7-13(11)26(17,22)23)18-14(19)8-2-4-10(15)12(6-8)25(16,20)21;3-1(4)2(5)6/h2-7H,1H3,(H,18,19)(H2,16,20,21)(H2,17,22,23);(H,3,4)(H,5,6). The summed E-state index contributed by atoms with van der Waals surface area (Å²) in [4.78, 5) is 29.8. The van der Waals surface area contributed by atoms with E-state index in [1.165, 1.54) is 31.4 Å². The second-order valence-corrected chi connectivity index (χ2v) is 9.13. The van der Waals surface area contributed by atoms with Gasteiger partial charge in [0, 0.05) is 11.3 Å². The van der Waals surface area contributed by atoms with Crippen molar-refractivity contribution in [2.45, 2.75) is 9.79 Å².